The van der Waals surface area contributed by atoms with Crippen molar-refractivity contribution in [2.45, 2.75) is 6.04 Å². The molecule has 2 aromatic rings. The van der Waals surface area contributed by atoms with Gasteiger partial charge in [-0.1, -0.05) is 0 Å². The highest BCUT2D eigenvalue weighted by molar-refractivity contribution is 5.24. The van der Waals surface area contributed by atoms with Gasteiger partial charge in [-0.15, -0.1) is 0 Å². The summed E-state index contributed by atoms with van der Waals surface area (Å²) >= 11 is 0. The van der Waals surface area contributed by atoms with Crippen molar-refractivity contribution in [2.75, 3.05) is 7.05 Å². The van der Waals surface area contributed by atoms with E-state index in [1.54, 1.807) is 31.7 Å². The Morgan fingerprint density at radius 3 is 2.69 bits per heavy atom. The SMILES string of the molecule is CNC(c1cncnc1)c1ncccc1F. The van der Waals surface area contributed by atoms with Crippen molar-refractivity contribution >= 4 is 0 Å². The van der Waals surface area contributed by atoms with Crippen molar-refractivity contribution in [3.8, 4) is 0 Å². The molecule has 0 spiro atoms. The summed E-state index contributed by atoms with van der Waals surface area (Å²) in [7, 11) is 1.74. The summed E-state index contributed by atoms with van der Waals surface area (Å²) in [4.78, 5) is 11.8. The maximum atomic E-state index is 13.6. The fourth-order valence-electron chi connectivity index (χ4n) is 1.53. The second-order valence-corrected chi connectivity index (χ2v) is 3.26. The Bertz CT molecular complexity index is 461. The van der Waals surface area contributed by atoms with Gasteiger partial charge in [0.1, 0.15) is 12.1 Å². The van der Waals surface area contributed by atoms with Crippen LogP contribution in [0.3, 0.4) is 0 Å². The van der Waals surface area contributed by atoms with Gasteiger partial charge in [-0.25, -0.2) is 14.4 Å². The molecule has 0 saturated carbocycles. The van der Waals surface area contributed by atoms with Gasteiger partial charge in [-0.2, -0.15) is 0 Å². The number of aromatic nitrogens is 3. The zero-order chi connectivity index (χ0) is 11.4. The van der Waals surface area contributed by atoms with E-state index < -0.39 is 0 Å². The van der Waals surface area contributed by atoms with E-state index in [0.717, 1.165) is 5.56 Å². The van der Waals surface area contributed by atoms with Crippen LogP contribution in [0, 0.1) is 5.82 Å². The van der Waals surface area contributed by atoms with Crippen LogP contribution in [0.15, 0.2) is 37.1 Å². The normalized spacial score (nSPS) is 12.4. The topological polar surface area (TPSA) is 50.7 Å². The van der Waals surface area contributed by atoms with Crippen molar-refractivity contribution in [1.82, 2.24) is 20.3 Å². The number of halogens is 1. The predicted octanol–water partition coefficient (Wildman–Crippen LogP) is 1.32. The molecule has 0 amide bonds. The quantitative estimate of drug-likeness (QED) is 0.844. The average molecular weight is 218 g/mol. The highest BCUT2D eigenvalue weighted by Gasteiger charge is 2.17. The number of nitrogens with one attached hydrogen (secondary N) is 1. The van der Waals surface area contributed by atoms with Crippen molar-refractivity contribution in [1.29, 1.82) is 0 Å². The monoisotopic (exact) mass is 218 g/mol. The molecular formula is C11H11FN4. The molecule has 2 heterocycles. The van der Waals surface area contributed by atoms with Crippen LogP contribution in [0.1, 0.15) is 17.3 Å². The van der Waals surface area contributed by atoms with Crippen LogP contribution in [0.25, 0.3) is 0 Å². The summed E-state index contributed by atoms with van der Waals surface area (Å²) in [5.74, 6) is -0.342. The van der Waals surface area contributed by atoms with E-state index in [2.05, 4.69) is 20.3 Å². The Labute approximate surface area is 92.6 Å². The van der Waals surface area contributed by atoms with Crippen molar-refractivity contribution in [2.24, 2.45) is 0 Å². The number of hydrogen-bond acceptors (Lipinski definition) is 4. The molecule has 0 aliphatic rings. The van der Waals surface area contributed by atoms with E-state index in [-0.39, 0.29) is 11.9 Å². The van der Waals surface area contributed by atoms with Crippen LogP contribution in [0.4, 0.5) is 4.39 Å². The first-order valence-electron chi connectivity index (χ1n) is 4.85. The minimum atomic E-state index is -0.342. The van der Waals surface area contributed by atoms with Crippen LogP contribution in [0.5, 0.6) is 0 Å². The molecule has 0 aliphatic heterocycles. The molecule has 4 nitrogen and oxygen atoms in total. The smallest absolute Gasteiger partial charge is 0.146 e. The zero-order valence-corrected chi connectivity index (χ0v) is 8.76. The largest absolute Gasteiger partial charge is 0.308 e. The summed E-state index contributed by atoms with van der Waals surface area (Å²) in [6.07, 6.45) is 6.28. The van der Waals surface area contributed by atoms with Crippen molar-refractivity contribution < 1.29 is 4.39 Å². The number of rotatable bonds is 3. The molecule has 2 rings (SSSR count). The van der Waals surface area contributed by atoms with Gasteiger partial charge in [0, 0.05) is 24.2 Å². The Kier molecular flexibility index (Phi) is 3.16. The van der Waals surface area contributed by atoms with Crippen LogP contribution in [-0.4, -0.2) is 22.0 Å². The lowest BCUT2D eigenvalue weighted by atomic mass is 10.1. The maximum Gasteiger partial charge on any atom is 0.146 e. The number of pyridine rings is 1. The molecule has 2 aromatic heterocycles. The first-order chi connectivity index (χ1) is 7.83. The molecule has 5 heteroatoms. The molecule has 0 saturated heterocycles. The summed E-state index contributed by atoms with van der Waals surface area (Å²) < 4.78 is 13.6. The average Bonchev–Trinajstić information content (AvgIpc) is 2.34. The van der Waals surface area contributed by atoms with Crippen molar-refractivity contribution in [3.63, 3.8) is 0 Å². The predicted molar refractivity (Wildman–Crippen MR) is 57.1 cm³/mol. The summed E-state index contributed by atoms with van der Waals surface area (Å²) in [6.45, 7) is 0. The summed E-state index contributed by atoms with van der Waals surface area (Å²) in [5.41, 5.74) is 1.13. The highest BCUT2D eigenvalue weighted by Crippen LogP contribution is 2.20. The van der Waals surface area contributed by atoms with Crippen LogP contribution >= 0.6 is 0 Å². The molecule has 1 atom stereocenters. The van der Waals surface area contributed by atoms with Gasteiger partial charge in [-0.3, -0.25) is 4.98 Å². The zero-order valence-electron chi connectivity index (χ0n) is 8.76. The Morgan fingerprint density at radius 1 is 1.31 bits per heavy atom. The van der Waals surface area contributed by atoms with Gasteiger partial charge in [0.15, 0.2) is 0 Å². The van der Waals surface area contributed by atoms with Gasteiger partial charge in [-0.05, 0) is 19.2 Å². The fourth-order valence-corrected chi connectivity index (χ4v) is 1.53. The van der Waals surface area contributed by atoms with E-state index >= 15 is 0 Å². The summed E-state index contributed by atoms with van der Waals surface area (Å²) in [6, 6.07) is 2.62. The fraction of sp³-hybridized carbons (Fsp3) is 0.182. The molecule has 0 aliphatic carbocycles. The second-order valence-electron chi connectivity index (χ2n) is 3.26. The van der Waals surface area contributed by atoms with Gasteiger partial charge < -0.3 is 5.32 Å². The number of hydrogen-bond donors (Lipinski definition) is 1. The first-order valence-corrected chi connectivity index (χ1v) is 4.85. The van der Waals surface area contributed by atoms with Crippen LogP contribution in [-0.2, 0) is 0 Å². The molecule has 0 radical (unpaired) electrons. The lowest BCUT2D eigenvalue weighted by molar-refractivity contribution is 0.558. The third kappa shape index (κ3) is 2.04. The third-order valence-corrected chi connectivity index (χ3v) is 2.26. The van der Waals surface area contributed by atoms with Gasteiger partial charge in [0.05, 0.1) is 11.7 Å². The lowest BCUT2D eigenvalue weighted by Crippen LogP contribution is -2.20. The molecule has 0 bridgehead atoms. The molecule has 16 heavy (non-hydrogen) atoms. The van der Waals surface area contributed by atoms with Gasteiger partial charge in [0.25, 0.3) is 0 Å². The molecular weight excluding hydrogens is 207 g/mol. The minimum absolute atomic E-state index is 0.331. The Hall–Kier alpha value is -1.88. The van der Waals surface area contributed by atoms with E-state index in [4.69, 9.17) is 0 Å². The third-order valence-electron chi connectivity index (χ3n) is 2.26. The molecule has 1 unspecified atom stereocenters. The molecule has 0 aromatic carbocycles. The second kappa shape index (κ2) is 4.76. The van der Waals surface area contributed by atoms with Gasteiger partial charge >= 0.3 is 0 Å². The molecule has 0 fully saturated rings. The highest BCUT2D eigenvalue weighted by atomic mass is 19.1. The lowest BCUT2D eigenvalue weighted by Gasteiger charge is -2.15. The molecule has 1 N–H and O–H groups in total. The van der Waals surface area contributed by atoms with Gasteiger partial charge in [0.2, 0.25) is 0 Å². The van der Waals surface area contributed by atoms with E-state index in [1.165, 1.54) is 12.4 Å². The van der Waals surface area contributed by atoms with Crippen molar-refractivity contribution in [3.05, 3.63) is 54.1 Å². The van der Waals surface area contributed by atoms with Crippen LogP contribution in [0.2, 0.25) is 0 Å². The maximum absolute atomic E-state index is 13.6. The van der Waals surface area contributed by atoms with E-state index in [0.29, 0.717) is 5.69 Å². The Balaban J connectivity index is 2.41. The first kappa shape index (κ1) is 10.6. The molecule has 82 valence electrons. The van der Waals surface area contributed by atoms with Crippen LogP contribution < -0.4 is 5.32 Å². The minimum Gasteiger partial charge on any atom is -0.308 e. The van der Waals surface area contributed by atoms with E-state index in [1.807, 2.05) is 0 Å². The summed E-state index contributed by atoms with van der Waals surface area (Å²) in [5, 5.41) is 2.99. The standard InChI is InChI=1S/C11H11FN4/c1-13-10(8-5-14-7-15-6-8)11-9(12)3-2-4-16-11/h2-7,10,13H,1H3. The Morgan fingerprint density at radius 2 is 2.06 bits per heavy atom. The van der Waals surface area contributed by atoms with E-state index in [9.17, 15) is 4.39 Å². The number of nitrogens with zero attached hydrogens (tertiary/aromatic N) is 3.